The lowest BCUT2D eigenvalue weighted by Crippen LogP contribution is -2.08. The zero-order valence-electron chi connectivity index (χ0n) is 10.8. The predicted molar refractivity (Wildman–Crippen MR) is 71.4 cm³/mol. The van der Waals surface area contributed by atoms with E-state index in [4.69, 9.17) is 0 Å². The highest BCUT2D eigenvalue weighted by Crippen LogP contribution is 2.44. The lowest BCUT2D eigenvalue weighted by molar-refractivity contribution is 0.401. The van der Waals surface area contributed by atoms with Crippen molar-refractivity contribution in [3.8, 4) is 6.07 Å². The fraction of sp³-hybridized carbons (Fsp3) is 0.786. The molecule has 3 rings (SSSR count). The quantitative estimate of drug-likeness (QED) is 0.781. The van der Waals surface area contributed by atoms with E-state index in [9.17, 15) is 5.26 Å². The maximum Gasteiger partial charge on any atom is 0.145 e. The first-order chi connectivity index (χ1) is 8.81. The largest absolute Gasteiger partial charge is 0.223 e. The minimum atomic E-state index is -0.0273. The Morgan fingerprint density at radius 2 is 2.17 bits per heavy atom. The van der Waals surface area contributed by atoms with Gasteiger partial charge in [0.1, 0.15) is 10.8 Å². The Kier molecular flexibility index (Phi) is 3.34. The van der Waals surface area contributed by atoms with Gasteiger partial charge in [0.05, 0.1) is 12.0 Å². The van der Waals surface area contributed by atoms with E-state index in [2.05, 4.69) is 22.4 Å². The summed E-state index contributed by atoms with van der Waals surface area (Å²) in [5, 5.41) is 10.3. The molecule has 18 heavy (non-hydrogen) atoms. The van der Waals surface area contributed by atoms with Crippen LogP contribution in [0.4, 0.5) is 0 Å². The molecular weight excluding hydrogens is 242 g/mol. The van der Waals surface area contributed by atoms with Gasteiger partial charge < -0.3 is 0 Å². The van der Waals surface area contributed by atoms with Crippen molar-refractivity contribution in [2.75, 3.05) is 0 Å². The summed E-state index contributed by atoms with van der Waals surface area (Å²) >= 11 is 1.45. The van der Waals surface area contributed by atoms with E-state index in [-0.39, 0.29) is 5.92 Å². The van der Waals surface area contributed by atoms with Crippen LogP contribution in [0.1, 0.15) is 68.1 Å². The third-order valence-electron chi connectivity index (χ3n) is 4.21. The average molecular weight is 261 g/mol. The molecule has 0 radical (unpaired) electrons. The van der Waals surface area contributed by atoms with Gasteiger partial charge in [-0.3, -0.25) is 0 Å². The predicted octanol–water partition coefficient (Wildman–Crippen LogP) is 3.85. The van der Waals surface area contributed by atoms with Crippen LogP contribution in [0.15, 0.2) is 0 Å². The minimum Gasteiger partial charge on any atom is -0.223 e. The first-order valence-electron chi connectivity index (χ1n) is 7.05. The van der Waals surface area contributed by atoms with Gasteiger partial charge in [-0.15, -0.1) is 0 Å². The number of aromatic nitrogens is 2. The number of hydrogen-bond acceptors (Lipinski definition) is 4. The zero-order valence-corrected chi connectivity index (χ0v) is 11.6. The van der Waals surface area contributed by atoms with Gasteiger partial charge in [0, 0.05) is 5.92 Å². The number of rotatable bonds is 6. The normalized spacial score (nSPS) is 22.4. The zero-order chi connectivity index (χ0) is 12.5. The Morgan fingerprint density at radius 1 is 1.39 bits per heavy atom. The summed E-state index contributed by atoms with van der Waals surface area (Å²) in [4.78, 5) is 4.60. The van der Waals surface area contributed by atoms with Crippen LogP contribution in [0.25, 0.3) is 0 Å². The van der Waals surface area contributed by atoms with Crippen LogP contribution in [0.2, 0.25) is 0 Å². The molecule has 2 saturated carbocycles. The Bertz CT molecular complexity index is 454. The monoisotopic (exact) mass is 261 g/mol. The van der Waals surface area contributed by atoms with Crippen LogP contribution >= 0.6 is 11.5 Å². The molecule has 1 heterocycles. The van der Waals surface area contributed by atoms with Crippen LogP contribution < -0.4 is 0 Å². The van der Waals surface area contributed by atoms with E-state index in [1.54, 1.807) is 0 Å². The van der Waals surface area contributed by atoms with E-state index in [1.165, 1.54) is 43.6 Å². The summed E-state index contributed by atoms with van der Waals surface area (Å²) in [5.74, 6) is 3.15. The standard InChI is InChI=1S/C14H19N3S/c1-2-9(10-3-4-10)7-12(8-15)14-16-13(17-18-14)11-5-6-11/h9-12H,2-7H2,1H3. The highest BCUT2D eigenvalue weighted by atomic mass is 32.1. The first kappa shape index (κ1) is 12.1. The highest BCUT2D eigenvalue weighted by molar-refractivity contribution is 7.05. The van der Waals surface area contributed by atoms with Crippen molar-refractivity contribution in [1.82, 2.24) is 9.36 Å². The molecular formula is C14H19N3S. The fourth-order valence-electron chi connectivity index (χ4n) is 2.67. The molecule has 2 aliphatic rings. The smallest absolute Gasteiger partial charge is 0.145 e. The molecule has 0 N–H and O–H groups in total. The molecule has 96 valence electrons. The Hall–Kier alpha value is -0.950. The van der Waals surface area contributed by atoms with E-state index in [0.717, 1.165) is 23.2 Å². The Balaban J connectivity index is 1.68. The second-order valence-electron chi connectivity index (χ2n) is 5.69. The molecule has 0 aliphatic heterocycles. The molecule has 0 saturated heterocycles. The summed E-state index contributed by atoms with van der Waals surface area (Å²) in [5.41, 5.74) is 0. The van der Waals surface area contributed by atoms with Gasteiger partial charge in [0.25, 0.3) is 0 Å². The van der Waals surface area contributed by atoms with E-state index in [0.29, 0.717) is 11.8 Å². The SMILES string of the molecule is CCC(CC(C#N)c1nc(C2CC2)ns1)C1CC1. The fourth-order valence-corrected chi connectivity index (χ4v) is 3.46. The maximum absolute atomic E-state index is 9.38. The highest BCUT2D eigenvalue weighted by Gasteiger charge is 2.34. The van der Waals surface area contributed by atoms with Crippen molar-refractivity contribution in [3.63, 3.8) is 0 Å². The summed E-state index contributed by atoms with van der Waals surface area (Å²) in [6, 6.07) is 2.45. The average Bonchev–Trinajstić information content (AvgIpc) is 3.30. The third-order valence-corrected chi connectivity index (χ3v) is 5.05. The van der Waals surface area contributed by atoms with E-state index < -0.39 is 0 Å². The third kappa shape index (κ3) is 2.56. The van der Waals surface area contributed by atoms with Crippen LogP contribution in [-0.4, -0.2) is 9.36 Å². The molecule has 0 amide bonds. The molecule has 2 fully saturated rings. The summed E-state index contributed by atoms with van der Waals surface area (Å²) < 4.78 is 4.42. The minimum absolute atomic E-state index is 0.0273. The second kappa shape index (κ2) is 4.97. The van der Waals surface area contributed by atoms with Gasteiger partial charge in [-0.25, -0.2) is 4.98 Å². The topological polar surface area (TPSA) is 49.6 Å². The second-order valence-corrected chi connectivity index (χ2v) is 6.47. The molecule has 0 bridgehead atoms. The van der Waals surface area contributed by atoms with Crippen molar-refractivity contribution in [3.05, 3.63) is 10.8 Å². The Morgan fingerprint density at radius 3 is 2.72 bits per heavy atom. The molecule has 1 aromatic rings. The van der Waals surface area contributed by atoms with Crippen LogP contribution in [0.3, 0.4) is 0 Å². The van der Waals surface area contributed by atoms with Gasteiger partial charge in [0.2, 0.25) is 0 Å². The van der Waals surface area contributed by atoms with Gasteiger partial charge >= 0.3 is 0 Å². The Labute approximate surface area is 112 Å². The first-order valence-corrected chi connectivity index (χ1v) is 7.82. The number of nitriles is 1. The summed E-state index contributed by atoms with van der Waals surface area (Å²) in [6.07, 6.45) is 7.36. The van der Waals surface area contributed by atoms with Gasteiger partial charge in [0.15, 0.2) is 0 Å². The maximum atomic E-state index is 9.38. The van der Waals surface area contributed by atoms with Gasteiger partial charge in [-0.05, 0) is 55.5 Å². The number of hydrogen-bond donors (Lipinski definition) is 0. The van der Waals surface area contributed by atoms with Crippen LogP contribution in [-0.2, 0) is 0 Å². The van der Waals surface area contributed by atoms with Crippen molar-refractivity contribution in [1.29, 1.82) is 5.26 Å². The van der Waals surface area contributed by atoms with Crippen molar-refractivity contribution in [2.24, 2.45) is 11.8 Å². The molecule has 4 heteroatoms. The lowest BCUT2D eigenvalue weighted by atomic mass is 9.90. The molecule has 0 spiro atoms. The summed E-state index contributed by atoms with van der Waals surface area (Å²) in [7, 11) is 0. The van der Waals surface area contributed by atoms with E-state index in [1.807, 2.05) is 0 Å². The molecule has 2 atom stereocenters. The van der Waals surface area contributed by atoms with Crippen molar-refractivity contribution in [2.45, 2.75) is 57.3 Å². The molecule has 3 nitrogen and oxygen atoms in total. The lowest BCUT2D eigenvalue weighted by Gasteiger charge is -2.15. The molecule has 0 aromatic carbocycles. The molecule has 2 unspecified atom stereocenters. The molecule has 2 aliphatic carbocycles. The van der Waals surface area contributed by atoms with Crippen LogP contribution in [0.5, 0.6) is 0 Å². The number of nitrogens with zero attached hydrogens (tertiary/aromatic N) is 3. The van der Waals surface area contributed by atoms with E-state index >= 15 is 0 Å². The van der Waals surface area contributed by atoms with Crippen molar-refractivity contribution >= 4 is 11.5 Å². The van der Waals surface area contributed by atoms with Gasteiger partial charge in [-0.2, -0.15) is 9.64 Å². The molecule has 1 aromatic heterocycles. The van der Waals surface area contributed by atoms with Gasteiger partial charge in [-0.1, -0.05) is 13.3 Å². The van der Waals surface area contributed by atoms with Crippen molar-refractivity contribution < 1.29 is 0 Å². The summed E-state index contributed by atoms with van der Waals surface area (Å²) in [6.45, 7) is 2.24. The van der Waals surface area contributed by atoms with Crippen LogP contribution in [0, 0.1) is 23.2 Å².